The highest BCUT2D eigenvalue weighted by molar-refractivity contribution is 5.60. The Bertz CT molecular complexity index is 765. The maximum Gasteiger partial charge on any atom is 0.229 e. The molecule has 1 aromatic heterocycles. The summed E-state index contributed by atoms with van der Waals surface area (Å²) in [6.07, 6.45) is 5.10. The number of rotatable bonds is 6. The van der Waals surface area contributed by atoms with Crippen LogP contribution in [0.15, 0.2) is 30.3 Å². The van der Waals surface area contributed by atoms with E-state index in [4.69, 9.17) is 4.74 Å². The summed E-state index contributed by atoms with van der Waals surface area (Å²) in [6.45, 7) is 8.29. The smallest absolute Gasteiger partial charge is 0.229 e. The van der Waals surface area contributed by atoms with Gasteiger partial charge in [-0.25, -0.2) is 4.98 Å². The molecule has 1 atom stereocenters. The second-order valence-electron chi connectivity index (χ2n) is 8.08. The average Bonchev–Trinajstić information content (AvgIpc) is 3.21. The van der Waals surface area contributed by atoms with E-state index in [2.05, 4.69) is 56.7 Å². The molecular formula is C22H31N5O. The van der Waals surface area contributed by atoms with Gasteiger partial charge in [-0.3, -0.25) is 0 Å². The highest BCUT2D eigenvalue weighted by Crippen LogP contribution is 2.25. The summed E-state index contributed by atoms with van der Waals surface area (Å²) in [5.41, 5.74) is 3.23. The summed E-state index contributed by atoms with van der Waals surface area (Å²) in [5, 5.41) is 6.72. The average molecular weight is 382 g/mol. The van der Waals surface area contributed by atoms with Gasteiger partial charge in [-0.2, -0.15) is 4.98 Å². The maximum atomic E-state index is 5.67. The van der Waals surface area contributed by atoms with E-state index in [1.54, 1.807) is 0 Å². The van der Waals surface area contributed by atoms with Gasteiger partial charge >= 0.3 is 0 Å². The zero-order valence-electron chi connectivity index (χ0n) is 16.9. The molecule has 2 N–H and O–H groups in total. The molecule has 2 aromatic rings. The van der Waals surface area contributed by atoms with Gasteiger partial charge in [-0.1, -0.05) is 6.92 Å². The monoisotopic (exact) mass is 381 g/mol. The minimum absolute atomic E-state index is 0.289. The molecule has 0 radical (unpaired) electrons. The van der Waals surface area contributed by atoms with Crippen LogP contribution < -0.4 is 15.5 Å². The molecule has 0 amide bonds. The molecule has 28 heavy (non-hydrogen) atoms. The first-order valence-electron chi connectivity index (χ1n) is 10.5. The van der Waals surface area contributed by atoms with Gasteiger partial charge < -0.3 is 20.3 Å². The number of aromatic nitrogens is 2. The lowest BCUT2D eigenvalue weighted by atomic mass is 9.99. The Labute approximate surface area is 167 Å². The normalized spacial score (nSPS) is 20.4. The quantitative estimate of drug-likeness (QED) is 0.775. The lowest BCUT2D eigenvalue weighted by Gasteiger charge is -2.32. The zero-order chi connectivity index (χ0) is 19.3. The number of piperidine rings is 1. The molecule has 0 bridgehead atoms. The van der Waals surface area contributed by atoms with E-state index >= 15 is 0 Å². The molecule has 0 aliphatic carbocycles. The van der Waals surface area contributed by atoms with Crippen molar-refractivity contribution in [2.75, 3.05) is 41.8 Å². The minimum atomic E-state index is 0.289. The number of hydrogen-bond donors (Lipinski definition) is 2. The maximum absolute atomic E-state index is 5.67. The van der Waals surface area contributed by atoms with Crippen LogP contribution in [-0.4, -0.2) is 42.3 Å². The van der Waals surface area contributed by atoms with Crippen molar-refractivity contribution in [3.8, 4) is 0 Å². The minimum Gasteiger partial charge on any atom is -0.376 e. The number of hydrogen-bond acceptors (Lipinski definition) is 6. The van der Waals surface area contributed by atoms with Gasteiger partial charge in [0.05, 0.1) is 6.10 Å². The zero-order valence-corrected chi connectivity index (χ0v) is 16.9. The van der Waals surface area contributed by atoms with Crippen molar-refractivity contribution in [3.05, 3.63) is 36.0 Å². The van der Waals surface area contributed by atoms with E-state index in [0.717, 1.165) is 62.2 Å². The Morgan fingerprint density at radius 3 is 2.61 bits per heavy atom. The first kappa shape index (κ1) is 19.0. The molecule has 2 saturated heterocycles. The predicted molar refractivity (Wildman–Crippen MR) is 115 cm³/mol. The van der Waals surface area contributed by atoms with E-state index in [9.17, 15) is 0 Å². The van der Waals surface area contributed by atoms with Crippen molar-refractivity contribution in [1.29, 1.82) is 0 Å². The van der Waals surface area contributed by atoms with Gasteiger partial charge in [0.15, 0.2) is 0 Å². The third-order valence-electron chi connectivity index (χ3n) is 5.66. The summed E-state index contributed by atoms with van der Waals surface area (Å²) in [4.78, 5) is 11.6. The van der Waals surface area contributed by atoms with Crippen LogP contribution in [0.4, 0.5) is 23.1 Å². The van der Waals surface area contributed by atoms with Gasteiger partial charge in [-0.05, 0) is 62.8 Å². The Hall–Kier alpha value is -2.34. The Morgan fingerprint density at radius 1 is 1.11 bits per heavy atom. The summed E-state index contributed by atoms with van der Waals surface area (Å²) in [6, 6.07) is 10.6. The third-order valence-corrected chi connectivity index (χ3v) is 5.66. The van der Waals surface area contributed by atoms with Crippen LogP contribution in [0.5, 0.6) is 0 Å². The van der Waals surface area contributed by atoms with E-state index in [0.29, 0.717) is 5.95 Å². The van der Waals surface area contributed by atoms with E-state index < -0.39 is 0 Å². The predicted octanol–water partition coefficient (Wildman–Crippen LogP) is 4.36. The van der Waals surface area contributed by atoms with Gasteiger partial charge in [0.1, 0.15) is 5.82 Å². The molecule has 1 aromatic carbocycles. The highest BCUT2D eigenvalue weighted by atomic mass is 16.5. The summed E-state index contributed by atoms with van der Waals surface area (Å²) in [7, 11) is 0. The number of anilines is 4. The van der Waals surface area contributed by atoms with Gasteiger partial charge in [0.2, 0.25) is 5.95 Å². The van der Waals surface area contributed by atoms with Gasteiger partial charge in [0.25, 0.3) is 0 Å². The highest BCUT2D eigenvalue weighted by Gasteiger charge is 2.16. The Balaban J connectivity index is 1.37. The van der Waals surface area contributed by atoms with Crippen molar-refractivity contribution < 1.29 is 4.74 Å². The largest absolute Gasteiger partial charge is 0.376 e. The first-order valence-corrected chi connectivity index (χ1v) is 10.5. The van der Waals surface area contributed by atoms with Crippen molar-refractivity contribution in [2.45, 2.75) is 45.6 Å². The lowest BCUT2D eigenvalue weighted by Crippen LogP contribution is -2.32. The molecular weight excluding hydrogens is 350 g/mol. The molecule has 2 fully saturated rings. The van der Waals surface area contributed by atoms with Crippen LogP contribution in [-0.2, 0) is 4.74 Å². The molecule has 150 valence electrons. The van der Waals surface area contributed by atoms with E-state index in [-0.39, 0.29) is 6.10 Å². The fourth-order valence-corrected chi connectivity index (χ4v) is 3.89. The first-order chi connectivity index (χ1) is 13.7. The summed E-state index contributed by atoms with van der Waals surface area (Å²) in [5.74, 6) is 2.30. The van der Waals surface area contributed by atoms with Crippen LogP contribution in [0, 0.1) is 12.8 Å². The van der Waals surface area contributed by atoms with Crippen LogP contribution in [0.3, 0.4) is 0 Å². The van der Waals surface area contributed by atoms with Crippen LogP contribution in [0.25, 0.3) is 0 Å². The Kier molecular flexibility index (Phi) is 5.95. The fraction of sp³-hybridized carbons (Fsp3) is 0.545. The molecule has 1 unspecified atom stereocenters. The van der Waals surface area contributed by atoms with Crippen LogP contribution in [0.1, 0.15) is 38.3 Å². The molecule has 6 heteroatoms. The molecule has 0 spiro atoms. The number of nitrogens with one attached hydrogen (secondary N) is 2. The molecule has 3 heterocycles. The molecule has 4 rings (SSSR count). The van der Waals surface area contributed by atoms with E-state index in [1.807, 2.05) is 13.0 Å². The van der Waals surface area contributed by atoms with Gasteiger partial charge in [0, 0.05) is 49.4 Å². The van der Waals surface area contributed by atoms with Crippen molar-refractivity contribution in [3.63, 3.8) is 0 Å². The Morgan fingerprint density at radius 2 is 1.89 bits per heavy atom. The lowest BCUT2D eigenvalue weighted by molar-refractivity contribution is 0.120. The molecule has 2 aliphatic heterocycles. The van der Waals surface area contributed by atoms with Crippen molar-refractivity contribution >= 4 is 23.1 Å². The van der Waals surface area contributed by atoms with E-state index in [1.165, 1.54) is 18.5 Å². The SMILES string of the molecule is Cc1cc(NCC2CCCO2)nc(Nc2ccc(N3CCC(C)CC3)cc2)n1. The number of ether oxygens (including phenoxy) is 1. The van der Waals surface area contributed by atoms with Gasteiger partial charge in [-0.15, -0.1) is 0 Å². The topological polar surface area (TPSA) is 62.3 Å². The fourth-order valence-electron chi connectivity index (χ4n) is 3.89. The van der Waals surface area contributed by atoms with Crippen molar-refractivity contribution in [1.82, 2.24) is 9.97 Å². The van der Waals surface area contributed by atoms with Crippen molar-refractivity contribution in [2.24, 2.45) is 5.92 Å². The number of benzene rings is 1. The number of aryl methyl sites for hydroxylation is 1. The molecule has 2 aliphatic rings. The number of nitrogens with zero attached hydrogens (tertiary/aromatic N) is 3. The summed E-state index contributed by atoms with van der Waals surface area (Å²) < 4.78 is 5.67. The van der Waals surface area contributed by atoms with Crippen LogP contribution >= 0.6 is 0 Å². The second-order valence-corrected chi connectivity index (χ2v) is 8.08. The standard InChI is InChI=1S/C22H31N5O/c1-16-9-11-27(12-10-16)19-7-5-18(6-8-19)25-22-24-17(2)14-21(26-22)23-15-20-4-3-13-28-20/h5-8,14,16,20H,3-4,9-13,15H2,1-2H3,(H2,23,24,25,26). The van der Waals surface area contributed by atoms with Crippen LogP contribution in [0.2, 0.25) is 0 Å². The molecule has 6 nitrogen and oxygen atoms in total. The third kappa shape index (κ3) is 4.93. The molecule has 0 saturated carbocycles. The second kappa shape index (κ2) is 8.78. The summed E-state index contributed by atoms with van der Waals surface area (Å²) >= 11 is 0.